The Morgan fingerprint density at radius 2 is 1.47 bits per heavy atom. The first-order valence-electron chi connectivity index (χ1n) is 6.37. The van der Waals surface area contributed by atoms with Gasteiger partial charge >= 0.3 is 0 Å². The van der Waals surface area contributed by atoms with Gasteiger partial charge in [0.05, 0.1) is 0 Å². The number of carbonyl (C=O) groups is 1. The van der Waals surface area contributed by atoms with E-state index in [1.165, 1.54) is 22.4 Å². The van der Waals surface area contributed by atoms with Crippen molar-refractivity contribution in [2.24, 2.45) is 0 Å². The highest BCUT2D eigenvalue weighted by atomic mass is 16.1. The van der Waals surface area contributed by atoms with Crippen molar-refractivity contribution in [2.75, 3.05) is 19.0 Å². The average Bonchev–Trinajstić information content (AvgIpc) is 2.39. The van der Waals surface area contributed by atoms with Crippen molar-refractivity contribution in [3.63, 3.8) is 0 Å². The maximum Gasteiger partial charge on any atom is 0.150 e. The lowest BCUT2D eigenvalue weighted by molar-refractivity contribution is 0.112. The van der Waals surface area contributed by atoms with Crippen molar-refractivity contribution in [1.29, 1.82) is 0 Å². The number of anilines is 1. The molecule has 0 saturated heterocycles. The zero-order valence-corrected chi connectivity index (χ0v) is 11.9. The predicted octanol–water partition coefficient (Wildman–Crippen LogP) is 3.85. The Morgan fingerprint density at radius 3 is 1.95 bits per heavy atom. The second kappa shape index (κ2) is 5.27. The van der Waals surface area contributed by atoms with Crippen LogP contribution in [0.1, 0.15) is 21.5 Å². The van der Waals surface area contributed by atoms with Gasteiger partial charge in [-0.15, -0.1) is 0 Å². The molecular weight excluding hydrogens is 234 g/mol. The fourth-order valence-electron chi connectivity index (χ4n) is 2.29. The smallest absolute Gasteiger partial charge is 0.150 e. The second-order valence-electron chi connectivity index (χ2n) is 5.09. The van der Waals surface area contributed by atoms with Gasteiger partial charge in [0.15, 0.2) is 0 Å². The van der Waals surface area contributed by atoms with Crippen LogP contribution in [0.3, 0.4) is 0 Å². The molecule has 0 saturated carbocycles. The first-order valence-corrected chi connectivity index (χ1v) is 6.37. The van der Waals surface area contributed by atoms with E-state index in [0.717, 1.165) is 17.4 Å². The Morgan fingerprint density at radius 1 is 0.895 bits per heavy atom. The van der Waals surface area contributed by atoms with Crippen LogP contribution in [0.4, 0.5) is 5.69 Å². The molecule has 0 heterocycles. The number of hydrogen-bond donors (Lipinski definition) is 0. The second-order valence-corrected chi connectivity index (χ2v) is 5.09. The zero-order chi connectivity index (χ0) is 14.0. The summed E-state index contributed by atoms with van der Waals surface area (Å²) in [7, 11) is 4.08. The van der Waals surface area contributed by atoms with Crippen molar-refractivity contribution in [2.45, 2.75) is 13.8 Å². The molecule has 0 radical (unpaired) electrons. The van der Waals surface area contributed by atoms with Gasteiger partial charge in [-0.05, 0) is 54.3 Å². The van der Waals surface area contributed by atoms with Gasteiger partial charge in [-0.25, -0.2) is 0 Å². The predicted molar refractivity (Wildman–Crippen MR) is 81.1 cm³/mol. The monoisotopic (exact) mass is 253 g/mol. The van der Waals surface area contributed by atoms with E-state index >= 15 is 0 Å². The summed E-state index contributed by atoms with van der Waals surface area (Å²) < 4.78 is 0. The molecule has 0 aliphatic heterocycles. The number of hydrogen-bond acceptors (Lipinski definition) is 2. The van der Waals surface area contributed by atoms with E-state index in [-0.39, 0.29) is 0 Å². The molecule has 2 rings (SSSR count). The molecule has 0 aliphatic rings. The van der Waals surface area contributed by atoms with E-state index in [4.69, 9.17) is 0 Å². The molecule has 0 N–H and O–H groups in total. The Hall–Kier alpha value is -2.09. The summed E-state index contributed by atoms with van der Waals surface area (Å²) in [5.41, 5.74) is 6.71. The quantitative estimate of drug-likeness (QED) is 0.774. The van der Waals surface area contributed by atoms with Crippen LogP contribution in [0, 0.1) is 13.8 Å². The number of aldehydes is 1. The molecule has 0 aromatic heterocycles. The molecule has 0 atom stereocenters. The number of aryl methyl sites for hydroxylation is 2. The van der Waals surface area contributed by atoms with Gasteiger partial charge in [0, 0.05) is 25.3 Å². The summed E-state index contributed by atoms with van der Waals surface area (Å²) in [4.78, 5) is 12.9. The van der Waals surface area contributed by atoms with E-state index in [1.807, 2.05) is 39.2 Å². The lowest BCUT2D eigenvalue weighted by Crippen LogP contribution is -2.08. The summed E-state index contributed by atoms with van der Waals surface area (Å²) >= 11 is 0. The average molecular weight is 253 g/mol. The molecule has 19 heavy (non-hydrogen) atoms. The van der Waals surface area contributed by atoms with Crippen LogP contribution >= 0.6 is 0 Å². The van der Waals surface area contributed by atoms with Crippen molar-refractivity contribution in [3.8, 4) is 11.1 Å². The van der Waals surface area contributed by atoms with Crippen LogP contribution < -0.4 is 4.90 Å². The Labute approximate surface area is 114 Å². The van der Waals surface area contributed by atoms with Gasteiger partial charge in [0.25, 0.3) is 0 Å². The van der Waals surface area contributed by atoms with E-state index in [1.54, 1.807) is 0 Å². The normalized spacial score (nSPS) is 10.3. The minimum absolute atomic E-state index is 0.726. The molecule has 0 spiro atoms. The van der Waals surface area contributed by atoms with Crippen LogP contribution in [0.25, 0.3) is 11.1 Å². The summed E-state index contributed by atoms with van der Waals surface area (Å²) in [6, 6.07) is 12.3. The zero-order valence-electron chi connectivity index (χ0n) is 11.9. The summed E-state index contributed by atoms with van der Waals surface area (Å²) in [5, 5.41) is 0. The largest absolute Gasteiger partial charge is 0.378 e. The SMILES string of the molecule is Cc1cc(C=O)ccc1-c1ccc(N(C)C)cc1C. The fraction of sp³-hybridized carbons (Fsp3) is 0.235. The third-order valence-corrected chi connectivity index (χ3v) is 3.40. The van der Waals surface area contributed by atoms with Gasteiger partial charge < -0.3 is 4.90 Å². The first kappa shape index (κ1) is 13.3. The van der Waals surface area contributed by atoms with Crippen molar-refractivity contribution < 1.29 is 4.79 Å². The van der Waals surface area contributed by atoms with Crippen molar-refractivity contribution >= 4 is 12.0 Å². The third-order valence-electron chi connectivity index (χ3n) is 3.40. The summed E-state index contributed by atoms with van der Waals surface area (Å²) in [5.74, 6) is 0. The topological polar surface area (TPSA) is 20.3 Å². The first-order chi connectivity index (χ1) is 9.02. The van der Waals surface area contributed by atoms with Gasteiger partial charge in [0.1, 0.15) is 6.29 Å². The maximum absolute atomic E-state index is 10.8. The van der Waals surface area contributed by atoms with Crippen LogP contribution in [0.2, 0.25) is 0 Å². The van der Waals surface area contributed by atoms with E-state index in [9.17, 15) is 4.79 Å². The van der Waals surface area contributed by atoms with E-state index < -0.39 is 0 Å². The Kier molecular flexibility index (Phi) is 3.70. The molecule has 2 aromatic carbocycles. The highest BCUT2D eigenvalue weighted by Crippen LogP contribution is 2.29. The lowest BCUT2D eigenvalue weighted by atomic mass is 9.95. The molecule has 0 amide bonds. The van der Waals surface area contributed by atoms with E-state index in [2.05, 4.69) is 30.0 Å². The maximum atomic E-state index is 10.8. The fourth-order valence-corrected chi connectivity index (χ4v) is 2.29. The van der Waals surface area contributed by atoms with Crippen molar-refractivity contribution in [1.82, 2.24) is 0 Å². The van der Waals surface area contributed by atoms with Gasteiger partial charge in [-0.3, -0.25) is 4.79 Å². The van der Waals surface area contributed by atoms with Crippen molar-refractivity contribution in [3.05, 3.63) is 53.1 Å². The Bertz CT molecular complexity index is 615. The highest BCUT2D eigenvalue weighted by Gasteiger charge is 2.07. The van der Waals surface area contributed by atoms with Gasteiger partial charge in [-0.2, -0.15) is 0 Å². The summed E-state index contributed by atoms with van der Waals surface area (Å²) in [6.07, 6.45) is 0.888. The molecular formula is C17H19NO. The third kappa shape index (κ3) is 2.68. The Balaban J connectivity index is 2.50. The minimum atomic E-state index is 0.726. The molecule has 0 fully saturated rings. The molecule has 2 nitrogen and oxygen atoms in total. The summed E-state index contributed by atoms with van der Waals surface area (Å²) in [6.45, 7) is 4.16. The molecule has 0 aliphatic carbocycles. The standard InChI is InChI=1S/C17H19NO/c1-12-9-14(11-19)5-7-16(12)17-8-6-15(18(3)4)10-13(17)2/h5-11H,1-4H3. The highest BCUT2D eigenvalue weighted by molar-refractivity contribution is 5.79. The molecule has 98 valence electrons. The number of rotatable bonds is 3. The van der Waals surface area contributed by atoms with Crippen LogP contribution in [-0.2, 0) is 0 Å². The number of nitrogens with zero attached hydrogens (tertiary/aromatic N) is 1. The van der Waals surface area contributed by atoms with Gasteiger partial charge in [-0.1, -0.05) is 18.2 Å². The molecule has 2 heteroatoms. The number of carbonyl (C=O) groups excluding carboxylic acids is 1. The number of benzene rings is 2. The molecule has 2 aromatic rings. The van der Waals surface area contributed by atoms with E-state index in [0.29, 0.717) is 0 Å². The molecule has 0 unspecified atom stereocenters. The molecule has 0 bridgehead atoms. The van der Waals surface area contributed by atoms with Crippen LogP contribution in [-0.4, -0.2) is 20.4 Å². The minimum Gasteiger partial charge on any atom is -0.378 e. The van der Waals surface area contributed by atoms with Crippen LogP contribution in [0.15, 0.2) is 36.4 Å². The lowest BCUT2D eigenvalue weighted by Gasteiger charge is -2.16. The van der Waals surface area contributed by atoms with Gasteiger partial charge in [0.2, 0.25) is 0 Å². The van der Waals surface area contributed by atoms with Crippen LogP contribution in [0.5, 0.6) is 0 Å².